The summed E-state index contributed by atoms with van der Waals surface area (Å²) < 4.78 is 1.62. The molecule has 0 bridgehead atoms. The van der Waals surface area contributed by atoms with Crippen molar-refractivity contribution in [3.8, 4) is 0 Å². The minimum atomic E-state index is -0.565. The van der Waals surface area contributed by atoms with Crippen LogP contribution >= 0.6 is 0 Å². The standard InChI is InChI=1S/C18H23N3O2/c1-12(10-11-15-8-6-5-7-9-15)19-18(23)17(22)16-13(2)20-21(4)14(16)3/h5-9,12H,10-11H2,1-4H3,(H,19,23). The fourth-order valence-corrected chi connectivity index (χ4v) is 2.61. The van der Waals surface area contributed by atoms with Gasteiger partial charge in [-0.3, -0.25) is 14.3 Å². The summed E-state index contributed by atoms with van der Waals surface area (Å²) in [5.41, 5.74) is 2.92. The lowest BCUT2D eigenvalue weighted by molar-refractivity contribution is -0.117. The number of nitrogens with one attached hydrogen (secondary N) is 1. The van der Waals surface area contributed by atoms with E-state index in [1.165, 1.54) is 5.56 Å². The van der Waals surface area contributed by atoms with Gasteiger partial charge >= 0.3 is 0 Å². The van der Waals surface area contributed by atoms with Crippen LogP contribution in [0.1, 0.15) is 40.7 Å². The molecule has 1 unspecified atom stereocenters. The van der Waals surface area contributed by atoms with Crippen molar-refractivity contribution in [1.29, 1.82) is 0 Å². The lowest BCUT2D eigenvalue weighted by Gasteiger charge is -2.13. The lowest BCUT2D eigenvalue weighted by Crippen LogP contribution is -2.38. The Bertz CT molecular complexity index is 705. The molecule has 2 rings (SSSR count). The zero-order chi connectivity index (χ0) is 17.0. The number of carbonyl (C=O) groups is 2. The third kappa shape index (κ3) is 4.06. The van der Waals surface area contributed by atoms with Gasteiger partial charge in [-0.25, -0.2) is 0 Å². The van der Waals surface area contributed by atoms with E-state index in [0.717, 1.165) is 12.8 Å². The van der Waals surface area contributed by atoms with Crippen molar-refractivity contribution >= 4 is 11.7 Å². The minimum absolute atomic E-state index is 0.0658. The first-order chi connectivity index (χ1) is 10.9. The second-order valence-electron chi connectivity index (χ2n) is 5.90. The molecule has 0 radical (unpaired) electrons. The Balaban J connectivity index is 1.94. The first-order valence-corrected chi connectivity index (χ1v) is 7.79. The summed E-state index contributed by atoms with van der Waals surface area (Å²) >= 11 is 0. The summed E-state index contributed by atoms with van der Waals surface area (Å²) in [7, 11) is 1.76. The highest BCUT2D eigenvalue weighted by atomic mass is 16.2. The van der Waals surface area contributed by atoms with Crippen LogP contribution in [0.5, 0.6) is 0 Å². The number of nitrogens with zero attached hydrogens (tertiary/aromatic N) is 2. The van der Waals surface area contributed by atoms with Crippen LogP contribution in [-0.2, 0) is 18.3 Å². The zero-order valence-corrected chi connectivity index (χ0v) is 14.1. The highest BCUT2D eigenvalue weighted by Crippen LogP contribution is 2.13. The molecule has 1 aromatic heterocycles. The summed E-state index contributed by atoms with van der Waals surface area (Å²) in [4.78, 5) is 24.5. The van der Waals surface area contributed by atoms with Gasteiger partial charge in [0.05, 0.1) is 11.3 Å². The molecule has 1 amide bonds. The van der Waals surface area contributed by atoms with Crippen LogP contribution in [0.2, 0.25) is 0 Å². The predicted octanol–water partition coefficient (Wildman–Crippen LogP) is 2.36. The van der Waals surface area contributed by atoms with Crippen molar-refractivity contribution in [1.82, 2.24) is 15.1 Å². The van der Waals surface area contributed by atoms with Crippen LogP contribution in [0, 0.1) is 13.8 Å². The summed E-state index contributed by atoms with van der Waals surface area (Å²) in [5.74, 6) is -1.08. The third-order valence-electron chi connectivity index (χ3n) is 4.03. The SMILES string of the molecule is Cc1nn(C)c(C)c1C(=O)C(=O)NC(C)CCc1ccccc1. The zero-order valence-electron chi connectivity index (χ0n) is 14.1. The second-order valence-corrected chi connectivity index (χ2v) is 5.90. The van der Waals surface area contributed by atoms with E-state index < -0.39 is 11.7 Å². The fraction of sp³-hybridized carbons (Fsp3) is 0.389. The maximum Gasteiger partial charge on any atom is 0.292 e. The average molecular weight is 313 g/mol. The summed E-state index contributed by atoms with van der Waals surface area (Å²) in [5, 5.41) is 6.97. The predicted molar refractivity (Wildman–Crippen MR) is 89.4 cm³/mol. The number of benzene rings is 1. The van der Waals surface area contributed by atoms with Gasteiger partial charge in [0.15, 0.2) is 0 Å². The smallest absolute Gasteiger partial charge is 0.292 e. The molecule has 0 aliphatic rings. The Hall–Kier alpha value is -2.43. The lowest BCUT2D eigenvalue weighted by atomic mass is 10.0. The summed E-state index contributed by atoms with van der Waals surface area (Å²) in [6, 6.07) is 10.0. The normalized spacial score (nSPS) is 12.0. The maximum atomic E-state index is 12.3. The first kappa shape index (κ1) is 16.9. The van der Waals surface area contributed by atoms with E-state index in [2.05, 4.69) is 22.5 Å². The van der Waals surface area contributed by atoms with Gasteiger partial charge in [-0.2, -0.15) is 5.10 Å². The molecule has 1 aromatic carbocycles. The van der Waals surface area contributed by atoms with E-state index in [0.29, 0.717) is 17.0 Å². The molecule has 1 N–H and O–H groups in total. The summed E-state index contributed by atoms with van der Waals surface area (Å²) in [6.45, 7) is 5.45. The quantitative estimate of drug-likeness (QED) is 0.658. The molecule has 5 nitrogen and oxygen atoms in total. The molecular weight excluding hydrogens is 290 g/mol. The number of hydrogen-bond acceptors (Lipinski definition) is 3. The number of amides is 1. The van der Waals surface area contributed by atoms with Crippen molar-refractivity contribution < 1.29 is 9.59 Å². The second kappa shape index (κ2) is 7.22. The largest absolute Gasteiger partial charge is 0.347 e. The number of ketones is 1. The van der Waals surface area contributed by atoms with Crippen molar-refractivity contribution in [3.63, 3.8) is 0 Å². The topological polar surface area (TPSA) is 64.0 Å². The molecule has 1 atom stereocenters. The van der Waals surface area contributed by atoms with Gasteiger partial charge in [-0.05, 0) is 39.2 Å². The Morgan fingerprint density at radius 2 is 1.87 bits per heavy atom. The molecule has 0 spiro atoms. The average Bonchev–Trinajstić information content (AvgIpc) is 2.78. The van der Waals surface area contributed by atoms with E-state index in [4.69, 9.17) is 0 Å². The first-order valence-electron chi connectivity index (χ1n) is 7.79. The van der Waals surface area contributed by atoms with Gasteiger partial charge in [-0.15, -0.1) is 0 Å². The molecule has 0 saturated carbocycles. The van der Waals surface area contributed by atoms with Crippen LogP contribution in [-0.4, -0.2) is 27.5 Å². The number of Topliss-reactive ketones (excluding diaryl/α,β-unsaturated/α-hetero) is 1. The van der Waals surface area contributed by atoms with Crippen LogP contribution in [0.3, 0.4) is 0 Å². The highest BCUT2D eigenvalue weighted by Gasteiger charge is 2.24. The molecule has 0 saturated heterocycles. The molecule has 0 aliphatic carbocycles. The minimum Gasteiger partial charge on any atom is -0.347 e. The summed E-state index contributed by atoms with van der Waals surface area (Å²) in [6.07, 6.45) is 1.65. The van der Waals surface area contributed by atoms with E-state index in [-0.39, 0.29) is 6.04 Å². The van der Waals surface area contributed by atoms with Gasteiger partial charge in [0.25, 0.3) is 11.7 Å². The van der Waals surface area contributed by atoms with Gasteiger partial charge in [0.1, 0.15) is 0 Å². The molecule has 0 fully saturated rings. The molecule has 23 heavy (non-hydrogen) atoms. The van der Waals surface area contributed by atoms with E-state index in [1.807, 2.05) is 25.1 Å². The number of aryl methyl sites for hydroxylation is 3. The van der Waals surface area contributed by atoms with Crippen LogP contribution in [0.15, 0.2) is 30.3 Å². The van der Waals surface area contributed by atoms with Gasteiger partial charge in [0.2, 0.25) is 0 Å². The molecular formula is C18H23N3O2. The molecule has 122 valence electrons. The Kier molecular flexibility index (Phi) is 5.32. The third-order valence-corrected chi connectivity index (χ3v) is 4.03. The maximum absolute atomic E-state index is 12.3. The highest BCUT2D eigenvalue weighted by molar-refractivity contribution is 6.43. The molecule has 5 heteroatoms. The van der Waals surface area contributed by atoms with Gasteiger partial charge < -0.3 is 5.32 Å². The number of hydrogen-bond donors (Lipinski definition) is 1. The molecule has 0 aliphatic heterocycles. The van der Waals surface area contributed by atoms with E-state index in [1.54, 1.807) is 25.6 Å². The van der Waals surface area contributed by atoms with Crippen LogP contribution in [0.4, 0.5) is 0 Å². The van der Waals surface area contributed by atoms with Gasteiger partial charge in [-0.1, -0.05) is 30.3 Å². The fourth-order valence-electron chi connectivity index (χ4n) is 2.61. The Morgan fingerprint density at radius 3 is 2.43 bits per heavy atom. The van der Waals surface area contributed by atoms with Crippen LogP contribution in [0.25, 0.3) is 0 Å². The van der Waals surface area contributed by atoms with E-state index >= 15 is 0 Å². The number of carbonyl (C=O) groups excluding carboxylic acids is 2. The van der Waals surface area contributed by atoms with E-state index in [9.17, 15) is 9.59 Å². The molecule has 1 heterocycles. The molecule has 2 aromatic rings. The Morgan fingerprint density at radius 1 is 1.22 bits per heavy atom. The van der Waals surface area contributed by atoms with Crippen molar-refractivity contribution in [3.05, 3.63) is 52.8 Å². The van der Waals surface area contributed by atoms with Crippen molar-refractivity contribution in [2.75, 3.05) is 0 Å². The van der Waals surface area contributed by atoms with Crippen molar-refractivity contribution in [2.45, 2.75) is 39.7 Å². The number of rotatable bonds is 6. The monoisotopic (exact) mass is 313 g/mol. The van der Waals surface area contributed by atoms with Gasteiger partial charge in [0, 0.05) is 18.8 Å². The van der Waals surface area contributed by atoms with Crippen molar-refractivity contribution in [2.24, 2.45) is 7.05 Å². The number of aromatic nitrogens is 2. The van der Waals surface area contributed by atoms with Crippen LogP contribution < -0.4 is 5.32 Å². The Labute approximate surface area is 136 Å².